The Morgan fingerprint density at radius 2 is 1.90 bits per heavy atom. The number of nitrogens with zero attached hydrogens (tertiary/aromatic N) is 4. The average molecular weight is 441 g/mol. The van der Waals surface area contributed by atoms with Crippen molar-refractivity contribution in [1.29, 1.82) is 0 Å². The second-order valence-electron chi connectivity index (χ2n) is 8.32. The third kappa shape index (κ3) is 4.27. The number of thiophene rings is 1. The van der Waals surface area contributed by atoms with Crippen molar-refractivity contribution < 1.29 is 13.7 Å². The minimum Gasteiger partial charge on any atom is -0.339 e. The molecule has 2 fully saturated rings. The molecular formula is C23H25FN4O2S. The van der Waals surface area contributed by atoms with Crippen molar-refractivity contribution in [2.75, 3.05) is 32.7 Å². The molecule has 0 atom stereocenters. The van der Waals surface area contributed by atoms with E-state index in [0.29, 0.717) is 11.7 Å². The van der Waals surface area contributed by atoms with Crippen LogP contribution >= 0.6 is 11.3 Å². The number of carbonyl (C=O) groups is 1. The first-order valence-electron chi connectivity index (χ1n) is 10.8. The van der Waals surface area contributed by atoms with Crippen molar-refractivity contribution in [3.63, 3.8) is 0 Å². The van der Waals surface area contributed by atoms with Gasteiger partial charge in [-0.25, -0.2) is 4.39 Å². The van der Waals surface area contributed by atoms with E-state index < -0.39 is 5.41 Å². The first-order valence-corrected chi connectivity index (χ1v) is 11.7. The molecule has 0 N–H and O–H groups in total. The van der Waals surface area contributed by atoms with Crippen LogP contribution in [-0.4, -0.2) is 58.6 Å². The molecule has 162 valence electrons. The number of aryl methyl sites for hydroxylation is 1. The summed E-state index contributed by atoms with van der Waals surface area (Å²) in [5.74, 6) is 1.27. The molecule has 0 bridgehead atoms. The molecule has 2 aromatic heterocycles. The maximum absolute atomic E-state index is 13.3. The summed E-state index contributed by atoms with van der Waals surface area (Å²) in [4.78, 5) is 23.0. The predicted molar refractivity (Wildman–Crippen MR) is 116 cm³/mol. The lowest BCUT2D eigenvalue weighted by Gasteiger charge is -2.36. The lowest BCUT2D eigenvalue weighted by atomic mass is 9.94. The molecule has 1 aromatic carbocycles. The number of hydrogen-bond donors (Lipinski definition) is 0. The normalized spacial score (nSPS) is 18.3. The van der Waals surface area contributed by atoms with Crippen molar-refractivity contribution >= 4 is 17.2 Å². The van der Waals surface area contributed by atoms with Crippen LogP contribution in [0.25, 0.3) is 10.7 Å². The van der Waals surface area contributed by atoms with Gasteiger partial charge in [-0.05, 0) is 54.9 Å². The summed E-state index contributed by atoms with van der Waals surface area (Å²) in [5, 5.41) is 6.06. The SMILES string of the molecule is O=C(N1CCN(CCCc2nc(-c3cccs3)no2)CC1)C1(c2ccc(F)cc2)CC1. The standard InChI is InChI=1S/C23H25FN4O2S/c24-18-7-5-17(6-8-18)23(9-10-23)22(29)28-14-12-27(13-15-28)11-1-4-20-25-21(26-30-20)19-3-2-16-31-19/h2-3,5-8,16H,1,4,9-15H2. The van der Waals surface area contributed by atoms with E-state index in [4.69, 9.17) is 4.52 Å². The number of benzene rings is 1. The first-order chi connectivity index (χ1) is 15.1. The molecule has 5 rings (SSSR count). The Bertz CT molecular complexity index is 1020. The van der Waals surface area contributed by atoms with E-state index in [1.807, 2.05) is 22.4 Å². The molecule has 1 saturated heterocycles. The van der Waals surface area contributed by atoms with Gasteiger partial charge in [-0.2, -0.15) is 4.98 Å². The number of halogens is 1. The summed E-state index contributed by atoms with van der Waals surface area (Å²) in [5.41, 5.74) is 0.525. The van der Waals surface area contributed by atoms with E-state index in [9.17, 15) is 9.18 Å². The summed E-state index contributed by atoms with van der Waals surface area (Å²) in [6, 6.07) is 10.4. The zero-order chi connectivity index (χ0) is 21.3. The van der Waals surface area contributed by atoms with Crippen LogP contribution in [0.2, 0.25) is 0 Å². The van der Waals surface area contributed by atoms with E-state index in [0.717, 1.165) is 68.8 Å². The fraction of sp³-hybridized carbons (Fsp3) is 0.435. The van der Waals surface area contributed by atoms with Crippen molar-refractivity contribution in [3.8, 4) is 10.7 Å². The second-order valence-corrected chi connectivity index (χ2v) is 9.26. The summed E-state index contributed by atoms with van der Waals surface area (Å²) in [6.07, 6.45) is 3.41. The molecular weight excluding hydrogens is 415 g/mol. The number of rotatable bonds is 7. The maximum atomic E-state index is 13.3. The Morgan fingerprint density at radius 3 is 2.58 bits per heavy atom. The van der Waals surface area contributed by atoms with Crippen LogP contribution in [0.5, 0.6) is 0 Å². The van der Waals surface area contributed by atoms with Crippen molar-refractivity contribution in [2.24, 2.45) is 0 Å². The van der Waals surface area contributed by atoms with Crippen molar-refractivity contribution in [2.45, 2.75) is 31.1 Å². The van der Waals surface area contributed by atoms with E-state index in [1.165, 1.54) is 12.1 Å². The Balaban J connectivity index is 1.09. The van der Waals surface area contributed by atoms with Gasteiger partial charge in [-0.1, -0.05) is 23.4 Å². The van der Waals surface area contributed by atoms with Gasteiger partial charge in [-0.3, -0.25) is 9.69 Å². The van der Waals surface area contributed by atoms with Gasteiger partial charge in [0.15, 0.2) is 0 Å². The molecule has 1 amide bonds. The molecule has 6 nitrogen and oxygen atoms in total. The molecule has 8 heteroatoms. The van der Waals surface area contributed by atoms with Crippen molar-refractivity contribution in [1.82, 2.24) is 19.9 Å². The fourth-order valence-corrected chi connectivity index (χ4v) is 4.96. The molecule has 1 aliphatic carbocycles. The molecule has 3 aromatic rings. The van der Waals surface area contributed by atoms with Crippen LogP contribution < -0.4 is 0 Å². The molecule has 1 aliphatic heterocycles. The molecule has 0 radical (unpaired) electrons. The summed E-state index contributed by atoms with van der Waals surface area (Å²) in [6.45, 7) is 4.17. The third-order valence-corrected chi connectivity index (χ3v) is 7.16. The summed E-state index contributed by atoms with van der Waals surface area (Å²) >= 11 is 1.60. The van der Waals surface area contributed by atoms with Gasteiger partial charge in [0.05, 0.1) is 10.3 Å². The predicted octanol–water partition coefficient (Wildman–Crippen LogP) is 3.75. The average Bonchev–Trinajstić information content (AvgIpc) is 3.19. The van der Waals surface area contributed by atoms with Gasteiger partial charge in [0.25, 0.3) is 0 Å². The van der Waals surface area contributed by atoms with Gasteiger partial charge in [0.2, 0.25) is 17.6 Å². The number of hydrogen-bond acceptors (Lipinski definition) is 6. The van der Waals surface area contributed by atoms with Gasteiger partial charge in [-0.15, -0.1) is 11.3 Å². The molecule has 1 saturated carbocycles. The highest BCUT2D eigenvalue weighted by Crippen LogP contribution is 2.49. The highest BCUT2D eigenvalue weighted by atomic mass is 32.1. The van der Waals surface area contributed by atoms with Crippen LogP contribution in [0.15, 0.2) is 46.3 Å². The highest BCUT2D eigenvalue weighted by molar-refractivity contribution is 7.13. The smallest absolute Gasteiger partial charge is 0.233 e. The van der Waals surface area contributed by atoms with Crippen LogP contribution in [0, 0.1) is 5.82 Å². The molecule has 2 aliphatic rings. The third-order valence-electron chi connectivity index (χ3n) is 6.29. The van der Waals surface area contributed by atoms with E-state index in [1.54, 1.807) is 23.5 Å². The van der Waals surface area contributed by atoms with Crippen LogP contribution in [0.1, 0.15) is 30.7 Å². The number of amides is 1. The minimum atomic E-state index is -0.423. The topological polar surface area (TPSA) is 62.5 Å². The first kappa shape index (κ1) is 20.3. The monoisotopic (exact) mass is 440 g/mol. The van der Waals surface area contributed by atoms with Crippen molar-refractivity contribution in [3.05, 3.63) is 59.0 Å². The van der Waals surface area contributed by atoms with Gasteiger partial charge >= 0.3 is 0 Å². The highest BCUT2D eigenvalue weighted by Gasteiger charge is 2.53. The van der Waals surface area contributed by atoms with E-state index >= 15 is 0 Å². The fourth-order valence-electron chi connectivity index (χ4n) is 4.31. The number of aromatic nitrogens is 2. The lowest BCUT2D eigenvalue weighted by molar-refractivity contribution is -0.135. The second kappa shape index (κ2) is 8.51. The molecule has 0 unspecified atom stereocenters. The zero-order valence-corrected chi connectivity index (χ0v) is 18.1. The molecule has 31 heavy (non-hydrogen) atoms. The Hall–Kier alpha value is -2.58. The Labute approximate surface area is 184 Å². The minimum absolute atomic E-state index is 0.200. The quantitative estimate of drug-likeness (QED) is 0.560. The largest absolute Gasteiger partial charge is 0.339 e. The maximum Gasteiger partial charge on any atom is 0.233 e. The Kier molecular flexibility index (Phi) is 5.58. The van der Waals surface area contributed by atoms with E-state index in [-0.39, 0.29) is 11.7 Å². The van der Waals surface area contributed by atoms with Gasteiger partial charge in [0.1, 0.15) is 5.82 Å². The van der Waals surface area contributed by atoms with Gasteiger partial charge < -0.3 is 9.42 Å². The van der Waals surface area contributed by atoms with Crippen LogP contribution in [0.3, 0.4) is 0 Å². The molecule has 0 spiro atoms. The number of piperazine rings is 1. The summed E-state index contributed by atoms with van der Waals surface area (Å²) < 4.78 is 18.6. The Morgan fingerprint density at radius 1 is 1.13 bits per heavy atom. The zero-order valence-electron chi connectivity index (χ0n) is 17.3. The van der Waals surface area contributed by atoms with Crippen LogP contribution in [0.4, 0.5) is 4.39 Å². The summed E-state index contributed by atoms with van der Waals surface area (Å²) in [7, 11) is 0. The van der Waals surface area contributed by atoms with Gasteiger partial charge in [0, 0.05) is 32.6 Å². The van der Waals surface area contributed by atoms with E-state index in [2.05, 4.69) is 15.0 Å². The number of carbonyl (C=O) groups excluding carboxylic acids is 1. The van der Waals surface area contributed by atoms with Crippen LogP contribution in [-0.2, 0) is 16.6 Å². The lowest BCUT2D eigenvalue weighted by Crippen LogP contribution is -2.51. The molecule has 3 heterocycles.